The van der Waals surface area contributed by atoms with Gasteiger partial charge in [-0.3, -0.25) is 0 Å². The first-order valence-corrected chi connectivity index (χ1v) is 6.31. The maximum absolute atomic E-state index is 12.6. The summed E-state index contributed by atoms with van der Waals surface area (Å²) < 4.78 is 42.7. The van der Waals surface area contributed by atoms with E-state index in [0.717, 1.165) is 18.2 Å². The van der Waals surface area contributed by atoms with Crippen LogP contribution in [0.5, 0.6) is 5.75 Å². The number of methoxy groups -OCH3 is 1. The lowest BCUT2D eigenvalue weighted by Gasteiger charge is -2.12. The Bertz CT molecular complexity index is 790. The first-order chi connectivity index (χ1) is 10.8. The van der Waals surface area contributed by atoms with Gasteiger partial charge in [0.05, 0.1) is 24.3 Å². The summed E-state index contributed by atoms with van der Waals surface area (Å²) in [5.41, 5.74) is -0.329. The number of aromatic carboxylic acids is 1. The van der Waals surface area contributed by atoms with Crippen molar-refractivity contribution < 1.29 is 27.8 Å². The molecule has 4 nitrogen and oxygen atoms in total. The molecule has 0 aromatic heterocycles. The number of halogens is 3. The second kappa shape index (κ2) is 6.01. The molecule has 2 aromatic rings. The highest BCUT2D eigenvalue weighted by Gasteiger charge is 2.30. The number of carboxylic acids is 1. The summed E-state index contributed by atoms with van der Waals surface area (Å²) in [6.45, 7) is 0. The minimum Gasteiger partial charge on any atom is -0.496 e. The quantitative estimate of drug-likeness (QED) is 0.929. The largest absolute Gasteiger partial charge is 0.496 e. The van der Waals surface area contributed by atoms with E-state index in [4.69, 9.17) is 15.1 Å². The Morgan fingerprint density at radius 3 is 2.26 bits per heavy atom. The zero-order valence-electron chi connectivity index (χ0n) is 11.8. The maximum Gasteiger partial charge on any atom is 0.416 e. The molecule has 0 amide bonds. The van der Waals surface area contributed by atoms with Gasteiger partial charge in [-0.25, -0.2) is 4.79 Å². The van der Waals surface area contributed by atoms with E-state index < -0.39 is 17.7 Å². The summed E-state index contributed by atoms with van der Waals surface area (Å²) >= 11 is 0. The van der Waals surface area contributed by atoms with Crippen molar-refractivity contribution in [1.82, 2.24) is 0 Å². The SMILES string of the molecule is COc1cc(-c2ccc(C(F)(F)F)cc2)c(C#N)cc1C(=O)O. The topological polar surface area (TPSA) is 70.3 Å². The zero-order chi connectivity index (χ0) is 17.2. The fraction of sp³-hybridized carbons (Fsp3) is 0.125. The maximum atomic E-state index is 12.6. The van der Waals surface area contributed by atoms with Gasteiger partial charge in [-0.2, -0.15) is 18.4 Å². The van der Waals surface area contributed by atoms with Crippen LogP contribution in [0.2, 0.25) is 0 Å². The molecule has 0 aliphatic heterocycles. The van der Waals surface area contributed by atoms with Gasteiger partial charge in [-0.1, -0.05) is 12.1 Å². The van der Waals surface area contributed by atoms with E-state index in [0.29, 0.717) is 11.1 Å². The predicted octanol–water partition coefficient (Wildman–Crippen LogP) is 3.95. The smallest absolute Gasteiger partial charge is 0.416 e. The van der Waals surface area contributed by atoms with Crippen LogP contribution in [0.1, 0.15) is 21.5 Å². The average Bonchev–Trinajstić information content (AvgIpc) is 2.52. The van der Waals surface area contributed by atoms with Crippen LogP contribution < -0.4 is 4.74 Å². The molecule has 7 heteroatoms. The summed E-state index contributed by atoms with van der Waals surface area (Å²) in [7, 11) is 1.27. The molecule has 0 atom stereocenters. The lowest BCUT2D eigenvalue weighted by molar-refractivity contribution is -0.137. The van der Waals surface area contributed by atoms with Gasteiger partial charge in [-0.15, -0.1) is 0 Å². The highest BCUT2D eigenvalue weighted by Crippen LogP contribution is 2.34. The first-order valence-electron chi connectivity index (χ1n) is 6.31. The summed E-state index contributed by atoms with van der Waals surface area (Å²) in [4.78, 5) is 11.1. The van der Waals surface area contributed by atoms with Gasteiger partial charge in [0.15, 0.2) is 0 Å². The highest BCUT2D eigenvalue weighted by molar-refractivity contribution is 5.93. The van der Waals surface area contributed by atoms with E-state index in [1.807, 2.05) is 6.07 Å². The number of carbonyl (C=O) groups is 1. The second-order valence-electron chi connectivity index (χ2n) is 4.59. The van der Waals surface area contributed by atoms with Crippen molar-refractivity contribution in [3.63, 3.8) is 0 Å². The van der Waals surface area contributed by atoms with Crippen LogP contribution in [0.4, 0.5) is 13.2 Å². The van der Waals surface area contributed by atoms with Gasteiger partial charge >= 0.3 is 12.1 Å². The monoisotopic (exact) mass is 321 g/mol. The molecule has 0 heterocycles. The molecule has 2 aromatic carbocycles. The Morgan fingerprint density at radius 2 is 1.83 bits per heavy atom. The van der Waals surface area contributed by atoms with Crippen LogP contribution in [-0.2, 0) is 6.18 Å². The van der Waals surface area contributed by atoms with Crippen LogP contribution in [0.3, 0.4) is 0 Å². The van der Waals surface area contributed by atoms with Gasteiger partial charge in [0.25, 0.3) is 0 Å². The molecular formula is C16H10F3NO3. The number of ether oxygens (including phenoxy) is 1. The van der Waals surface area contributed by atoms with E-state index in [1.54, 1.807) is 0 Å². The number of hydrogen-bond acceptors (Lipinski definition) is 3. The third-order valence-corrected chi connectivity index (χ3v) is 3.21. The molecule has 23 heavy (non-hydrogen) atoms. The van der Waals surface area contributed by atoms with Crippen LogP contribution >= 0.6 is 0 Å². The summed E-state index contributed by atoms with van der Waals surface area (Å²) in [6.07, 6.45) is -4.46. The lowest BCUT2D eigenvalue weighted by atomic mass is 9.96. The van der Waals surface area contributed by atoms with Crippen molar-refractivity contribution in [1.29, 1.82) is 5.26 Å². The van der Waals surface area contributed by atoms with E-state index in [9.17, 15) is 18.0 Å². The normalized spacial score (nSPS) is 10.9. The van der Waals surface area contributed by atoms with E-state index >= 15 is 0 Å². The fourth-order valence-corrected chi connectivity index (χ4v) is 2.09. The molecular weight excluding hydrogens is 311 g/mol. The number of hydrogen-bond donors (Lipinski definition) is 1. The summed E-state index contributed by atoms with van der Waals surface area (Å²) in [5, 5.41) is 18.3. The van der Waals surface area contributed by atoms with Gasteiger partial charge in [-0.05, 0) is 29.8 Å². The third-order valence-electron chi connectivity index (χ3n) is 3.21. The van der Waals surface area contributed by atoms with Crippen molar-refractivity contribution in [2.45, 2.75) is 6.18 Å². The van der Waals surface area contributed by atoms with E-state index in [1.165, 1.54) is 25.3 Å². The molecule has 0 spiro atoms. The molecule has 0 aliphatic carbocycles. The minimum atomic E-state index is -4.46. The summed E-state index contributed by atoms with van der Waals surface area (Å²) in [6, 6.07) is 8.54. The van der Waals surface area contributed by atoms with Crippen molar-refractivity contribution in [3.05, 3.63) is 53.1 Å². The minimum absolute atomic E-state index is 0.0198. The number of alkyl halides is 3. The molecule has 2 rings (SSSR count). The van der Waals surface area contributed by atoms with Gasteiger partial charge in [0.1, 0.15) is 11.3 Å². The van der Waals surface area contributed by atoms with E-state index in [-0.39, 0.29) is 16.9 Å². The predicted molar refractivity (Wildman–Crippen MR) is 75.1 cm³/mol. The fourth-order valence-electron chi connectivity index (χ4n) is 2.09. The molecule has 0 saturated carbocycles. The number of nitriles is 1. The Hall–Kier alpha value is -3.01. The lowest BCUT2D eigenvalue weighted by Crippen LogP contribution is -2.04. The van der Waals surface area contributed by atoms with Gasteiger partial charge in [0.2, 0.25) is 0 Å². The first kappa shape index (κ1) is 16.4. The van der Waals surface area contributed by atoms with E-state index in [2.05, 4.69) is 0 Å². The van der Waals surface area contributed by atoms with Crippen LogP contribution in [0, 0.1) is 11.3 Å². The highest BCUT2D eigenvalue weighted by atomic mass is 19.4. The number of nitrogens with zero attached hydrogens (tertiary/aromatic N) is 1. The standard InChI is InChI=1S/C16H10F3NO3/c1-23-14-7-12(10(8-20)6-13(14)15(21)22)9-2-4-11(5-3-9)16(17,18)19/h2-7H,1H3,(H,21,22). The van der Waals surface area contributed by atoms with Crippen LogP contribution in [0.25, 0.3) is 11.1 Å². The molecule has 0 radical (unpaired) electrons. The number of benzene rings is 2. The number of carboxylic acid groups (broad SMARTS) is 1. The molecule has 0 unspecified atom stereocenters. The van der Waals surface area contributed by atoms with Gasteiger partial charge < -0.3 is 9.84 Å². The van der Waals surface area contributed by atoms with Crippen molar-refractivity contribution >= 4 is 5.97 Å². The van der Waals surface area contributed by atoms with Crippen LogP contribution in [-0.4, -0.2) is 18.2 Å². The third kappa shape index (κ3) is 3.26. The molecule has 118 valence electrons. The Kier molecular flexibility index (Phi) is 4.27. The zero-order valence-corrected chi connectivity index (χ0v) is 11.8. The molecule has 1 N–H and O–H groups in total. The Labute approximate surface area is 129 Å². The molecule has 0 fully saturated rings. The van der Waals surface area contributed by atoms with Crippen molar-refractivity contribution in [2.24, 2.45) is 0 Å². The molecule has 0 aliphatic rings. The number of rotatable bonds is 3. The molecule has 0 bridgehead atoms. The second-order valence-corrected chi connectivity index (χ2v) is 4.59. The van der Waals surface area contributed by atoms with Crippen molar-refractivity contribution in [2.75, 3.05) is 7.11 Å². The van der Waals surface area contributed by atoms with Gasteiger partial charge in [0, 0.05) is 5.56 Å². The van der Waals surface area contributed by atoms with Crippen LogP contribution in [0.15, 0.2) is 36.4 Å². The van der Waals surface area contributed by atoms with Crippen molar-refractivity contribution in [3.8, 4) is 22.9 Å². The Morgan fingerprint density at radius 1 is 1.22 bits per heavy atom. The average molecular weight is 321 g/mol. The molecule has 0 saturated heterocycles. The Balaban J connectivity index is 2.59. The summed E-state index contributed by atoms with van der Waals surface area (Å²) in [5.74, 6) is -1.25.